The third-order valence-electron chi connectivity index (χ3n) is 4.29. The maximum Gasteiger partial charge on any atom is 0.168 e. The first-order valence-corrected chi connectivity index (χ1v) is 7.43. The highest BCUT2D eigenvalue weighted by molar-refractivity contribution is 9.10. The van der Waals surface area contributed by atoms with Crippen molar-refractivity contribution in [1.29, 1.82) is 5.26 Å². The van der Waals surface area contributed by atoms with Gasteiger partial charge in [0.1, 0.15) is 0 Å². The van der Waals surface area contributed by atoms with Crippen LogP contribution in [0, 0.1) is 11.3 Å². The Hall–Kier alpha value is -0.890. The summed E-state index contributed by atoms with van der Waals surface area (Å²) >= 11 is 3.43. The first-order chi connectivity index (χ1) is 9.18. The number of benzene rings is 1. The van der Waals surface area contributed by atoms with E-state index < -0.39 is 5.79 Å². The Bertz CT molecular complexity index is 490. The maximum atomic E-state index is 9.65. The van der Waals surface area contributed by atoms with Gasteiger partial charge in [0.05, 0.1) is 24.7 Å². The Morgan fingerprint density at radius 3 is 2.11 bits per heavy atom. The van der Waals surface area contributed by atoms with Crippen LogP contribution in [0.3, 0.4) is 0 Å². The van der Waals surface area contributed by atoms with Gasteiger partial charge in [-0.05, 0) is 30.5 Å². The lowest BCUT2D eigenvalue weighted by Gasteiger charge is -2.40. The SMILES string of the molecule is N#CC1(c2ccc(Br)cc2)CCC2(CC1)OCCO2. The predicted octanol–water partition coefficient (Wildman–Crippen LogP) is 3.53. The molecule has 0 bridgehead atoms. The molecule has 19 heavy (non-hydrogen) atoms. The third kappa shape index (κ3) is 2.31. The van der Waals surface area contributed by atoms with Gasteiger partial charge in [-0.2, -0.15) is 5.26 Å². The van der Waals surface area contributed by atoms with Gasteiger partial charge in [-0.3, -0.25) is 0 Å². The minimum absolute atomic E-state index is 0.388. The smallest absolute Gasteiger partial charge is 0.168 e. The minimum Gasteiger partial charge on any atom is -0.348 e. The van der Waals surface area contributed by atoms with Crippen LogP contribution in [0.1, 0.15) is 31.2 Å². The molecule has 1 saturated carbocycles. The van der Waals surface area contributed by atoms with Crippen molar-refractivity contribution in [3.8, 4) is 6.07 Å². The van der Waals surface area contributed by atoms with E-state index in [4.69, 9.17) is 9.47 Å². The molecule has 1 aliphatic carbocycles. The fourth-order valence-corrected chi connectivity index (χ4v) is 3.34. The topological polar surface area (TPSA) is 42.2 Å². The van der Waals surface area contributed by atoms with Crippen molar-refractivity contribution in [2.45, 2.75) is 36.9 Å². The average molecular weight is 322 g/mol. The van der Waals surface area contributed by atoms with E-state index in [0.29, 0.717) is 13.2 Å². The van der Waals surface area contributed by atoms with Crippen LogP contribution in [0.4, 0.5) is 0 Å². The molecule has 0 N–H and O–H groups in total. The van der Waals surface area contributed by atoms with Crippen LogP contribution in [0.5, 0.6) is 0 Å². The standard InChI is InChI=1S/C15H16BrNO2/c16-13-3-1-12(2-4-13)14(11-17)5-7-15(8-6-14)18-9-10-19-15/h1-4H,5-10H2. The van der Waals surface area contributed by atoms with Crippen LogP contribution in [0.15, 0.2) is 28.7 Å². The van der Waals surface area contributed by atoms with Crippen LogP contribution in [0.25, 0.3) is 0 Å². The van der Waals surface area contributed by atoms with Gasteiger partial charge in [0.25, 0.3) is 0 Å². The van der Waals surface area contributed by atoms with E-state index in [9.17, 15) is 5.26 Å². The predicted molar refractivity (Wildman–Crippen MR) is 74.5 cm³/mol. The normalized spacial score (nSPS) is 24.2. The van der Waals surface area contributed by atoms with Gasteiger partial charge >= 0.3 is 0 Å². The summed E-state index contributed by atoms with van der Waals surface area (Å²) in [4.78, 5) is 0. The second-order valence-electron chi connectivity index (χ2n) is 5.31. The lowest BCUT2D eigenvalue weighted by molar-refractivity contribution is -0.182. The summed E-state index contributed by atoms with van der Waals surface area (Å²) in [6, 6.07) is 10.6. The Kier molecular flexibility index (Phi) is 3.38. The number of nitrogens with zero attached hydrogens (tertiary/aromatic N) is 1. The van der Waals surface area contributed by atoms with Crippen molar-refractivity contribution in [2.24, 2.45) is 0 Å². The van der Waals surface area contributed by atoms with Gasteiger partial charge in [0.15, 0.2) is 5.79 Å². The van der Waals surface area contributed by atoms with Crippen molar-refractivity contribution < 1.29 is 9.47 Å². The Labute approximate surface area is 121 Å². The fourth-order valence-electron chi connectivity index (χ4n) is 3.08. The number of hydrogen-bond donors (Lipinski definition) is 0. The lowest BCUT2D eigenvalue weighted by atomic mass is 9.69. The largest absolute Gasteiger partial charge is 0.348 e. The monoisotopic (exact) mass is 321 g/mol. The van der Waals surface area contributed by atoms with E-state index in [2.05, 4.69) is 22.0 Å². The van der Waals surface area contributed by atoms with Crippen molar-refractivity contribution >= 4 is 15.9 Å². The molecule has 1 aliphatic heterocycles. The molecule has 2 fully saturated rings. The van der Waals surface area contributed by atoms with Crippen molar-refractivity contribution in [3.63, 3.8) is 0 Å². The molecule has 1 heterocycles. The number of hydrogen-bond acceptors (Lipinski definition) is 3. The quantitative estimate of drug-likeness (QED) is 0.794. The maximum absolute atomic E-state index is 9.65. The molecule has 1 aromatic carbocycles. The molecule has 0 radical (unpaired) electrons. The zero-order chi connectivity index (χ0) is 13.3. The molecular formula is C15H16BrNO2. The van der Waals surface area contributed by atoms with Crippen molar-refractivity contribution in [1.82, 2.24) is 0 Å². The first kappa shape index (κ1) is 13.1. The van der Waals surface area contributed by atoms with Crippen LogP contribution in [0.2, 0.25) is 0 Å². The lowest BCUT2D eigenvalue weighted by Crippen LogP contribution is -2.41. The summed E-state index contributed by atoms with van der Waals surface area (Å²) in [5, 5.41) is 9.65. The molecule has 100 valence electrons. The van der Waals surface area contributed by atoms with Crippen LogP contribution >= 0.6 is 15.9 Å². The van der Waals surface area contributed by atoms with Crippen molar-refractivity contribution in [2.75, 3.05) is 13.2 Å². The Morgan fingerprint density at radius 1 is 1.00 bits per heavy atom. The Morgan fingerprint density at radius 2 is 1.58 bits per heavy atom. The fraction of sp³-hybridized carbons (Fsp3) is 0.533. The zero-order valence-electron chi connectivity index (χ0n) is 10.7. The van der Waals surface area contributed by atoms with Crippen molar-refractivity contribution in [3.05, 3.63) is 34.3 Å². The van der Waals surface area contributed by atoms with Gasteiger partial charge in [-0.25, -0.2) is 0 Å². The molecule has 2 aliphatic rings. The summed E-state index contributed by atoms with van der Waals surface area (Å²) in [5.41, 5.74) is 0.715. The van der Waals surface area contributed by atoms with Crippen LogP contribution in [-0.2, 0) is 14.9 Å². The van der Waals surface area contributed by atoms with E-state index >= 15 is 0 Å². The van der Waals surface area contributed by atoms with E-state index in [-0.39, 0.29) is 5.41 Å². The molecular weight excluding hydrogens is 306 g/mol. The van der Waals surface area contributed by atoms with Gasteiger partial charge in [0.2, 0.25) is 0 Å². The molecule has 1 spiro atoms. The molecule has 0 amide bonds. The summed E-state index contributed by atoms with van der Waals surface area (Å²) in [6.07, 6.45) is 3.20. The number of rotatable bonds is 1. The van der Waals surface area contributed by atoms with Crippen LogP contribution < -0.4 is 0 Å². The van der Waals surface area contributed by atoms with E-state index in [1.54, 1.807) is 0 Å². The summed E-state index contributed by atoms with van der Waals surface area (Å²) in [7, 11) is 0. The van der Waals surface area contributed by atoms with E-state index in [1.807, 2.05) is 24.3 Å². The third-order valence-corrected chi connectivity index (χ3v) is 4.82. The highest BCUT2D eigenvalue weighted by Gasteiger charge is 2.47. The molecule has 0 unspecified atom stereocenters. The molecule has 1 saturated heterocycles. The highest BCUT2D eigenvalue weighted by atomic mass is 79.9. The zero-order valence-corrected chi connectivity index (χ0v) is 12.3. The van der Waals surface area contributed by atoms with E-state index in [1.165, 1.54) is 0 Å². The van der Waals surface area contributed by atoms with Gasteiger partial charge in [0, 0.05) is 17.3 Å². The van der Waals surface area contributed by atoms with E-state index in [0.717, 1.165) is 35.7 Å². The minimum atomic E-state index is -0.407. The molecule has 0 aromatic heterocycles. The summed E-state index contributed by atoms with van der Waals surface area (Å²) in [5.74, 6) is -0.407. The average Bonchev–Trinajstić information content (AvgIpc) is 2.90. The van der Waals surface area contributed by atoms with Gasteiger partial charge in [-0.1, -0.05) is 28.1 Å². The molecule has 4 heteroatoms. The summed E-state index contributed by atoms with van der Waals surface area (Å²) < 4.78 is 12.5. The van der Waals surface area contributed by atoms with Crippen LogP contribution in [-0.4, -0.2) is 19.0 Å². The molecule has 3 rings (SSSR count). The second kappa shape index (κ2) is 4.90. The number of nitriles is 1. The Balaban J connectivity index is 1.82. The number of ether oxygens (including phenoxy) is 2. The summed E-state index contributed by atoms with van der Waals surface area (Å²) in [6.45, 7) is 1.36. The van der Waals surface area contributed by atoms with Gasteiger partial charge in [-0.15, -0.1) is 0 Å². The molecule has 0 atom stereocenters. The second-order valence-corrected chi connectivity index (χ2v) is 6.22. The first-order valence-electron chi connectivity index (χ1n) is 6.63. The van der Waals surface area contributed by atoms with Gasteiger partial charge < -0.3 is 9.47 Å². The number of halogens is 1. The molecule has 1 aromatic rings. The highest BCUT2D eigenvalue weighted by Crippen LogP contribution is 2.46. The molecule has 3 nitrogen and oxygen atoms in total.